The zero-order valence-electron chi connectivity index (χ0n) is 18.9. The van der Waals surface area contributed by atoms with Crippen LogP contribution in [-0.4, -0.2) is 37.5 Å². The minimum absolute atomic E-state index is 0.0424. The number of unbranched alkanes of at least 4 members (excludes halogenated alkanes) is 1. The summed E-state index contributed by atoms with van der Waals surface area (Å²) in [5, 5.41) is 4.47. The fraction of sp³-hybridized carbons (Fsp3) is 0.214. The van der Waals surface area contributed by atoms with E-state index >= 15 is 0 Å². The summed E-state index contributed by atoms with van der Waals surface area (Å²) in [6, 6.07) is 27.4. The Morgan fingerprint density at radius 2 is 1.22 bits per heavy atom. The highest BCUT2D eigenvalue weighted by molar-refractivity contribution is 5.98. The summed E-state index contributed by atoms with van der Waals surface area (Å²) in [4.78, 5) is 25.0. The largest absolute Gasteiger partial charge is 0.462 e. The van der Waals surface area contributed by atoms with Crippen molar-refractivity contribution in [2.75, 3.05) is 20.7 Å². The van der Waals surface area contributed by atoms with E-state index in [1.54, 1.807) is 19.0 Å². The summed E-state index contributed by atoms with van der Waals surface area (Å²) < 4.78 is 5.18. The number of ether oxygens (including phenoxy) is 1. The summed E-state index contributed by atoms with van der Waals surface area (Å²) in [7, 11) is 3.52. The van der Waals surface area contributed by atoms with Gasteiger partial charge in [-0.05, 0) is 52.2 Å². The molecule has 0 aliphatic carbocycles. The van der Waals surface area contributed by atoms with Gasteiger partial charge in [-0.2, -0.15) is 0 Å². The molecule has 0 aromatic heterocycles. The third-order valence-corrected chi connectivity index (χ3v) is 5.12. The second kappa shape index (κ2) is 11.1. The Balaban J connectivity index is 0.000000182. The van der Waals surface area contributed by atoms with E-state index in [-0.39, 0.29) is 11.9 Å². The first kappa shape index (κ1) is 23.0. The van der Waals surface area contributed by atoms with Crippen LogP contribution in [-0.2, 0) is 4.74 Å². The van der Waals surface area contributed by atoms with E-state index in [1.165, 1.54) is 0 Å². The van der Waals surface area contributed by atoms with Crippen molar-refractivity contribution < 1.29 is 14.3 Å². The van der Waals surface area contributed by atoms with Crippen LogP contribution in [0.15, 0.2) is 84.9 Å². The summed E-state index contributed by atoms with van der Waals surface area (Å²) in [5.41, 5.74) is 1.36. The van der Waals surface area contributed by atoms with E-state index in [4.69, 9.17) is 4.74 Å². The maximum Gasteiger partial charge on any atom is 0.338 e. The van der Waals surface area contributed by atoms with Gasteiger partial charge in [0, 0.05) is 19.7 Å². The molecule has 0 spiro atoms. The van der Waals surface area contributed by atoms with Crippen molar-refractivity contribution in [3.05, 3.63) is 96.1 Å². The van der Waals surface area contributed by atoms with E-state index in [1.807, 2.05) is 84.9 Å². The minimum Gasteiger partial charge on any atom is -0.462 e. The Labute approximate surface area is 189 Å². The number of carbonyl (C=O) groups is 2. The Morgan fingerprint density at radius 1 is 0.719 bits per heavy atom. The Bertz CT molecular complexity index is 1210. The van der Waals surface area contributed by atoms with E-state index in [9.17, 15) is 9.59 Å². The maximum absolute atomic E-state index is 11.7. The molecule has 0 atom stereocenters. The van der Waals surface area contributed by atoms with E-state index < -0.39 is 0 Å². The standard InChI is InChI=1S/C15H16O2.C13H13NO/c1-2-3-10-17-15(16)14-9-8-12-6-4-5-7-13(12)11-14;1-14(2)13(15)12-8-7-10-5-3-4-6-11(10)9-12/h4-9,11H,2-3,10H2,1H3;3-9H,1-2H3. The zero-order chi connectivity index (χ0) is 22.9. The normalized spacial score (nSPS) is 10.3. The van der Waals surface area contributed by atoms with Crippen molar-refractivity contribution in [2.24, 2.45) is 0 Å². The highest BCUT2D eigenvalue weighted by Crippen LogP contribution is 2.17. The van der Waals surface area contributed by atoms with Crippen LogP contribution >= 0.6 is 0 Å². The molecule has 1 amide bonds. The lowest BCUT2D eigenvalue weighted by Gasteiger charge is -2.10. The molecule has 164 valence electrons. The molecule has 32 heavy (non-hydrogen) atoms. The van der Waals surface area contributed by atoms with Gasteiger partial charge in [0.25, 0.3) is 5.91 Å². The van der Waals surface area contributed by atoms with Gasteiger partial charge in [-0.25, -0.2) is 4.79 Å². The lowest BCUT2D eigenvalue weighted by molar-refractivity contribution is 0.0499. The number of esters is 1. The van der Waals surface area contributed by atoms with Crippen LogP contribution in [0.1, 0.15) is 40.5 Å². The number of fused-ring (bicyclic) bond motifs is 2. The molecule has 4 aromatic carbocycles. The van der Waals surface area contributed by atoms with Crippen molar-refractivity contribution in [1.29, 1.82) is 0 Å². The molecule has 4 rings (SSSR count). The van der Waals surface area contributed by atoms with Crippen LogP contribution in [0.25, 0.3) is 21.5 Å². The van der Waals surface area contributed by atoms with Crippen molar-refractivity contribution in [3.63, 3.8) is 0 Å². The monoisotopic (exact) mass is 427 g/mol. The quantitative estimate of drug-likeness (QED) is 0.276. The number of benzene rings is 4. The first-order valence-electron chi connectivity index (χ1n) is 10.9. The van der Waals surface area contributed by atoms with Gasteiger partial charge in [0.05, 0.1) is 12.2 Å². The zero-order valence-corrected chi connectivity index (χ0v) is 18.9. The van der Waals surface area contributed by atoms with Crippen molar-refractivity contribution >= 4 is 33.4 Å². The molecule has 0 aliphatic rings. The van der Waals surface area contributed by atoms with Crippen molar-refractivity contribution in [3.8, 4) is 0 Å². The van der Waals surface area contributed by atoms with Gasteiger partial charge in [0.1, 0.15) is 0 Å². The molecule has 4 heteroatoms. The molecule has 4 aromatic rings. The molecule has 4 nitrogen and oxygen atoms in total. The second-order valence-electron chi connectivity index (χ2n) is 7.81. The SMILES string of the molecule is CCCCOC(=O)c1ccc2ccccc2c1.CN(C)C(=O)c1ccc2ccccc2c1. The van der Waals surface area contributed by atoms with Crippen LogP contribution in [0, 0.1) is 0 Å². The van der Waals surface area contributed by atoms with Crippen LogP contribution in [0.4, 0.5) is 0 Å². The fourth-order valence-corrected chi connectivity index (χ4v) is 3.29. The van der Waals surface area contributed by atoms with Crippen molar-refractivity contribution in [2.45, 2.75) is 19.8 Å². The lowest BCUT2D eigenvalue weighted by Crippen LogP contribution is -2.21. The Hall–Kier alpha value is -3.66. The number of amides is 1. The molecule has 0 unspecified atom stereocenters. The number of carbonyl (C=O) groups excluding carboxylic acids is 2. The van der Waals surface area contributed by atoms with Gasteiger partial charge in [0.2, 0.25) is 0 Å². The van der Waals surface area contributed by atoms with E-state index in [2.05, 4.69) is 6.92 Å². The van der Waals surface area contributed by atoms with E-state index in [0.29, 0.717) is 12.2 Å². The molecule has 0 saturated carbocycles. The van der Waals surface area contributed by atoms with Gasteiger partial charge in [-0.15, -0.1) is 0 Å². The molecular weight excluding hydrogens is 398 g/mol. The van der Waals surface area contributed by atoms with Gasteiger partial charge in [0.15, 0.2) is 0 Å². The number of hydrogen-bond donors (Lipinski definition) is 0. The van der Waals surface area contributed by atoms with Crippen LogP contribution in [0.5, 0.6) is 0 Å². The van der Waals surface area contributed by atoms with Gasteiger partial charge in [-0.1, -0.05) is 74.0 Å². The first-order chi connectivity index (χ1) is 15.5. The lowest BCUT2D eigenvalue weighted by atomic mass is 10.1. The van der Waals surface area contributed by atoms with E-state index in [0.717, 1.165) is 39.9 Å². The number of nitrogens with zero attached hydrogens (tertiary/aromatic N) is 1. The first-order valence-corrected chi connectivity index (χ1v) is 10.9. The molecule has 0 heterocycles. The average Bonchev–Trinajstić information content (AvgIpc) is 2.83. The second-order valence-corrected chi connectivity index (χ2v) is 7.81. The Morgan fingerprint density at radius 3 is 1.75 bits per heavy atom. The fourth-order valence-electron chi connectivity index (χ4n) is 3.29. The molecular formula is C28H29NO3. The van der Waals surface area contributed by atoms with Gasteiger partial charge in [-0.3, -0.25) is 4.79 Å². The third kappa shape index (κ3) is 5.94. The minimum atomic E-state index is -0.232. The summed E-state index contributed by atoms with van der Waals surface area (Å²) >= 11 is 0. The highest BCUT2D eigenvalue weighted by atomic mass is 16.5. The molecule has 0 fully saturated rings. The Kier molecular flexibility index (Phi) is 7.98. The molecule has 0 N–H and O–H groups in total. The summed E-state index contributed by atoms with van der Waals surface area (Å²) in [6.45, 7) is 2.58. The summed E-state index contributed by atoms with van der Waals surface area (Å²) in [6.07, 6.45) is 1.95. The number of rotatable bonds is 5. The predicted octanol–water partition coefficient (Wildman–Crippen LogP) is 6.34. The van der Waals surface area contributed by atoms with Gasteiger partial charge >= 0.3 is 5.97 Å². The molecule has 0 aliphatic heterocycles. The van der Waals surface area contributed by atoms with Crippen LogP contribution in [0.2, 0.25) is 0 Å². The summed E-state index contributed by atoms with van der Waals surface area (Å²) in [5.74, 6) is -0.190. The van der Waals surface area contributed by atoms with Crippen molar-refractivity contribution in [1.82, 2.24) is 4.90 Å². The molecule has 0 bridgehead atoms. The third-order valence-electron chi connectivity index (χ3n) is 5.12. The number of hydrogen-bond acceptors (Lipinski definition) is 3. The predicted molar refractivity (Wildman–Crippen MR) is 131 cm³/mol. The maximum atomic E-state index is 11.7. The molecule has 0 saturated heterocycles. The highest BCUT2D eigenvalue weighted by Gasteiger charge is 2.08. The van der Waals surface area contributed by atoms with Crippen LogP contribution in [0.3, 0.4) is 0 Å². The van der Waals surface area contributed by atoms with Gasteiger partial charge < -0.3 is 9.64 Å². The smallest absolute Gasteiger partial charge is 0.338 e. The average molecular weight is 428 g/mol. The topological polar surface area (TPSA) is 46.6 Å². The molecule has 0 radical (unpaired) electrons. The van der Waals surface area contributed by atoms with Crippen LogP contribution < -0.4 is 0 Å².